The third kappa shape index (κ3) is 2.89. The number of hydrogen-bond donors (Lipinski definition) is 0. The predicted octanol–water partition coefficient (Wildman–Crippen LogP) is 3.02. The number of hydrogen-bond acceptors (Lipinski definition) is 2. The minimum absolute atomic E-state index is 0.0373. The minimum Gasteiger partial charge on any atom is -0.330 e. The summed E-state index contributed by atoms with van der Waals surface area (Å²) >= 11 is 0. The van der Waals surface area contributed by atoms with Crippen molar-refractivity contribution in [1.29, 1.82) is 0 Å². The molecule has 4 nitrogen and oxygen atoms in total. The monoisotopic (exact) mass is 283 g/mol. The van der Waals surface area contributed by atoms with Crippen LogP contribution in [-0.2, 0) is 6.42 Å². The molecule has 0 unspecified atom stereocenters. The summed E-state index contributed by atoms with van der Waals surface area (Å²) in [6.07, 6.45) is 6.12. The molecule has 0 N–H and O–H groups in total. The van der Waals surface area contributed by atoms with Crippen LogP contribution >= 0.6 is 0 Å². The van der Waals surface area contributed by atoms with Crippen LogP contribution in [0.5, 0.6) is 0 Å². The van der Waals surface area contributed by atoms with Gasteiger partial charge in [-0.25, -0.2) is 4.98 Å². The highest BCUT2D eigenvalue weighted by molar-refractivity contribution is 5.95. The van der Waals surface area contributed by atoms with Crippen molar-refractivity contribution in [1.82, 2.24) is 14.3 Å². The number of imidazole rings is 1. The molecule has 0 aliphatic carbocycles. The highest BCUT2D eigenvalue weighted by Gasteiger charge is 2.22. The van der Waals surface area contributed by atoms with Crippen molar-refractivity contribution in [2.75, 3.05) is 13.1 Å². The fraction of sp³-hybridized carbons (Fsp3) is 0.294. The predicted molar refractivity (Wildman–Crippen MR) is 85.6 cm³/mol. The second-order valence-corrected chi connectivity index (χ2v) is 4.98. The lowest BCUT2D eigenvalue weighted by Crippen LogP contribution is -2.32. The zero-order valence-corrected chi connectivity index (χ0v) is 12.7. The molecule has 0 saturated carbocycles. The summed E-state index contributed by atoms with van der Waals surface area (Å²) in [4.78, 5) is 19.1. The molecule has 0 bridgehead atoms. The first-order valence-corrected chi connectivity index (χ1v) is 7.11. The topological polar surface area (TPSA) is 37.6 Å². The fourth-order valence-electron chi connectivity index (χ4n) is 2.37. The second-order valence-electron chi connectivity index (χ2n) is 4.98. The first-order chi connectivity index (χ1) is 10.1. The summed E-state index contributed by atoms with van der Waals surface area (Å²) in [5.74, 6) is -0.0373. The molecule has 4 heteroatoms. The molecule has 0 radical (unpaired) electrons. The zero-order chi connectivity index (χ0) is 15.4. The average molecular weight is 283 g/mol. The van der Waals surface area contributed by atoms with Crippen LogP contribution < -0.4 is 0 Å². The number of amides is 1. The minimum atomic E-state index is -0.0373. The Morgan fingerprint density at radius 1 is 1.33 bits per heavy atom. The summed E-state index contributed by atoms with van der Waals surface area (Å²) in [7, 11) is 0. The summed E-state index contributed by atoms with van der Waals surface area (Å²) in [6.45, 7) is 12.4. The molecule has 0 aliphatic rings. The van der Waals surface area contributed by atoms with Crippen molar-refractivity contribution >= 4 is 11.6 Å². The smallest absolute Gasteiger partial charge is 0.273 e. The van der Waals surface area contributed by atoms with E-state index in [1.165, 1.54) is 0 Å². The fourth-order valence-corrected chi connectivity index (χ4v) is 2.37. The van der Waals surface area contributed by atoms with Gasteiger partial charge in [0.2, 0.25) is 0 Å². The van der Waals surface area contributed by atoms with E-state index in [0.29, 0.717) is 18.8 Å². The van der Waals surface area contributed by atoms with Gasteiger partial charge >= 0.3 is 0 Å². The summed E-state index contributed by atoms with van der Waals surface area (Å²) in [6, 6.07) is 3.94. The molecule has 2 aromatic heterocycles. The normalized spacial score (nSPS) is 10.6. The van der Waals surface area contributed by atoms with E-state index in [1.54, 1.807) is 17.1 Å². The van der Waals surface area contributed by atoms with Gasteiger partial charge in [-0.3, -0.25) is 9.20 Å². The summed E-state index contributed by atoms with van der Waals surface area (Å²) in [5, 5.41) is 0. The van der Waals surface area contributed by atoms with Gasteiger partial charge in [-0.15, -0.1) is 13.2 Å². The van der Waals surface area contributed by atoms with Crippen molar-refractivity contribution in [3.63, 3.8) is 0 Å². The maximum atomic E-state index is 12.9. The Morgan fingerprint density at radius 3 is 2.57 bits per heavy atom. The number of rotatable bonds is 6. The lowest BCUT2D eigenvalue weighted by Gasteiger charge is -2.19. The first kappa shape index (κ1) is 15.0. The molecule has 1 amide bonds. The molecular formula is C17H21N3O. The largest absolute Gasteiger partial charge is 0.330 e. The molecule has 0 aromatic carbocycles. The maximum absolute atomic E-state index is 12.9. The van der Waals surface area contributed by atoms with Gasteiger partial charge in [-0.2, -0.15) is 0 Å². The number of nitrogens with zero attached hydrogens (tertiary/aromatic N) is 3. The molecule has 0 saturated heterocycles. The van der Waals surface area contributed by atoms with Crippen LogP contribution in [0.1, 0.15) is 28.7 Å². The Bertz CT molecular complexity index is 675. The van der Waals surface area contributed by atoms with Gasteiger partial charge in [0.25, 0.3) is 5.91 Å². The number of carbonyl (C=O) groups excluding carboxylic acids is 1. The van der Waals surface area contributed by atoms with Gasteiger partial charge in [0, 0.05) is 19.3 Å². The lowest BCUT2D eigenvalue weighted by atomic mass is 10.2. The third-order valence-electron chi connectivity index (χ3n) is 3.36. The van der Waals surface area contributed by atoms with E-state index in [0.717, 1.165) is 23.3 Å². The number of aromatic nitrogens is 2. The van der Waals surface area contributed by atoms with E-state index >= 15 is 0 Å². The molecule has 2 heterocycles. The maximum Gasteiger partial charge on any atom is 0.273 e. The second kappa shape index (κ2) is 6.39. The number of aryl methyl sites for hydroxylation is 2. The summed E-state index contributed by atoms with van der Waals surface area (Å²) < 4.78 is 1.88. The Kier molecular flexibility index (Phi) is 4.58. The molecule has 0 atom stereocenters. The van der Waals surface area contributed by atoms with Gasteiger partial charge in [0.1, 0.15) is 11.3 Å². The summed E-state index contributed by atoms with van der Waals surface area (Å²) in [5.41, 5.74) is 3.36. The molecule has 0 fully saturated rings. The Labute approximate surface area is 125 Å². The highest BCUT2D eigenvalue weighted by atomic mass is 16.2. The number of fused-ring (bicyclic) bond motifs is 1. The quantitative estimate of drug-likeness (QED) is 0.764. The van der Waals surface area contributed by atoms with Crippen LogP contribution in [0.3, 0.4) is 0 Å². The molecule has 21 heavy (non-hydrogen) atoms. The van der Waals surface area contributed by atoms with Crippen molar-refractivity contribution in [2.24, 2.45) is 0 Å². The van der Waals surface area contributed by atoms with Crippen molar-refractivity contribution < 1.29 is 4.79 Å². The zero-order valence-electron chi connectivity index (χ0n) is 12.7. The molecule has 0 spiro atoms. The van der Waals surface area contributed by atoms with Crippen LogP contribution in [0.4, 0.5) is 0 Å². The van der Waals surface area contributed by atoms with Crippen LogP contribution in [0.25, 0.3) is 5.65 Å². The van der Waals surface area contributed by atoms with E-state index < -0.39 is 0 Å². The Morgan fingerprint density at radius 2 is 2.00 bits per heavy atom. The van der Waals surface area contributed by atoms with Crippen molar-refractivity contribution in [3.05, 3.63) is 60.6 Å². The van der Waals surface area contributed by atoms with Gasteiger partial charge < -0.3 is 4.90 Å². The Hall–Kier alpha value is -2.36. The van der Waals surface area contributed by atoms with Gasteiger partial charge in [0.05, 0.1) is 5.69 Å². The SMILES string of the molecule is C=CCN(CC=C)C(=O)c1c(CC)nc2ccc(C)cn12. The van der Waals surface area contributed by atoms with Crippen molar-refractivity contribution in [3.8, 4) is 0 Å². The van der Waals surface area contributed by atoms with E-state index in [1.807, 2.05) is 36.6 Å². The highest BCUT2D eigenvalue weighted by Crippen LogP contribution is 2.17. The van der Waals surface area contributed by atoms with Crippen LogP contribution in [-0.4, -0.2) is 33.3 Å². The molecule has 0 aliphatic heterocycles. The molecule has 110 valence electrons. The first-order valence-electron chi connectivity index (χ1n) is 7.11. The molecular weight excluding hydrogens is 262 g/mol. The van der Waals surface area contributed by atoms with Crippen LogP contribution in [0.15, 0.2) is 43.6 Å². The standard InChI is InChI=1S/C17H21N3O/c1-5-10-19(11-6-2)17(21)16-14(7-3)18-15-9-8-13(4)12-20(15)16/h5-6,8-9,12H,1-2,7,10-11H2,3-4H3. The molecule has 2 rings (SSSR count). The molecule has 2 aromatic rings. The van der Waals surface area contributed by atoms with E-state index in [4.69, 9.17) is 0 Å². The van der Waals surface area contributed by atoms with Gasteiger partial charge in [0.15, 0.2) is 0 Å². The van der Waals surface area contributed by atoms with E-state index in [-0.39, 0.29) is 5.91 Å². The third-order valence-corrected chi connectivity index (χ3v) is 3.36. The van der Waals surface area contributed by atoms with Crippen molar-refractivity contribution in [2.45, 2.75) is 20.3 Å². The van der Waals surface area contributed by atoms with Crippen LogP contribution in [0, 0.1) is 6.92 Å². The van der Waals surface area contributed by atoms with E-state index in [9.17, 15) is 4.79 Å². The Balaban J connectivity index is 2.56. The number of pyridine rings is 1. The lowest BCUT2D eigenvalue weighted by molar-refractivity contribution is 0.0783. The van der Waals surface area contributed by atoms with Gasteiger partial charge in [-0.1, -0.05) is 25.1 Å². The van der Waals surface area contributed by atoms with Gasteiger partial charge in [-0.05, 0) is 25.0 Å². The average Bonchev–Trinajstić information content (AvgIpc) is 2.84. The van der Waals surface area contributed by atoms with E-state index in [2.05, 4.69) is 18.1 Å². The van der Waals surface area contributed by atoms with Crippen LogP contribution in [0.2, 0.25) is 0 Å². The number of carbonyl (C=O) groups is 1.